The van der Waals surface area contributed by atoms with Crippen LogP contribution < -0.4 is 9.47 Å². The number of benzene rings is 2. The third-order valence-corrected chi connectivity index (χ3v) is 6.06. The molecule has 0 aromatic heterocycles. The fourth-order valence-electron chi connectivity index (χ4n) is 2.66. The third-order valence-electron chi connectivity index (χ3n) is 4.17. The summed E-state index contributed by atoms with van der Waals surface area (Å²) in [7, 11) is -0.739. The van der Waals surface area contributed by atoms with Gasteiger partial charge in [-0.1, -0.05) is 12.1 Å². The molecule has 0 unspecified atom stereocenters. The van der Waals surface area contributed by atoms with Crippen LogP contribution in [0.3, 0.4) is 0 Å². The molecule has 2 aromatic rings. The van der Waals surface area contributed by atoms with Crippen LogP contribution in [0, 0.1) is 5.82 Å². The number of rotatable bonds is 7. The van der Waals surface area contributed by atoms with Crippen molar-refractivity contribution in [2.45, 2.75) is 30.3 Å². The van der Waals surface area contributed by atoms with Gasteiger partial charge in [-0.2, -0.15) is 4.31 Å². The summed E-state index contributed by atoms with van der Waals surface area (Å²) in [5.41, 5.74) is 0.748. The number of hydrogen-bond acceptors (Lipinski definition) is 4. The van der Waals surface area contributed by atoms with Crippen LogP contribution in [-0.4, -0.2) is 33.0 Å². The third kappa shape index (κ3) is 3.77. The standard InChI is InChI=1S/C18H20FNO4S/c1-23-17-10-9-16(11-18(17)24-2)25(21,22)20(15-7-8-15)12-13-3-5-14(19)6-4-13/h3-6,9-11,15H,7-8,12H2,1-2H3. The van der Waals surface area contributed by atoms with Crippen molar-refractivity contribution < 1.29 is 22.3 Å². The van der Waals surface area contributed by atoms with E-state index >= 15 is 0 Å². The maximum Gasteiger partial charge on any atom is 0.243 e. The first kappa shape index (κ1) is 17.7. The van der Waals surface area contributed by atoms with Gasteiger partial charge < -0.3 is 9.47 Å². The Balaban J connectivity index is 1.93. The second-order valence-electron chi connectivity index (χ2n) is 5.92. The zero-order chi connectivity index (χ0) is 18.0. The smallest absolute Gasteiger partial charge is 0.243 e. The highest BCUT2D eigenvalue weighted by Crippen LogP contribution is 2.36. The second-order valence-corrected chi connectivity index (χ2v) is 7.82. The van der Waals surface area contributed by atoms with Gasteiger partial charge in [0, 0.05) is 18.7 Å². The van der Waals surface area contributed by atoms with E-state index in [4.69, 9.17) is 9.47 Å². The highest BCUT2D eigenvalue weighted by molar-refractivity contribution is 7.89. The molecule has 0 radical (unpaired) electrons. The van der Waals surface area contributed by atoms with Crippen molar-refractivity contribution in [1.82, 2.24) is 4.31 Å². The molecule has 1 aliphatic carbocycles. The number of halogens is 1. The Kier molecular flexibility index (Phi) is 4.96. The summed E-state index contributed by atoms with van der Waals surface area (Å²) in [5, 5.41) is 0. The molecule has 5 nitrogen and oxygen atoms in total. The molecule has 134 valence electrons. The topological polar surface area (TPSA) is 55.8 Å². The summed E-state index contributed by atoms with van der Waals surface area (Å²) < 4.78 is 51.2. The van der Waals surface area contributed by atoms with Gasteiger partial charge in [0.25, 0.3) is 0 Å². The van der Waals surface area contributed by atoms with Crippen molar-refractivity contribution in [1.29, 1.82) is 0 Å². The molecule has 0 amide bonds. The highest BCUT2D eigenvalue weighted by Gasteiger charge is 2.38. The fourth-order valence-corrected chi connectivity index (χ4v) is 4.34. The molecule has 1 fully saturated rings. The lowest BCUT2D eigenvalue weighted by Crippen LogP contribution is -2.32. The molecule has 2 aromatic carbocycles. The maximum absolute atomic E-state index is 13.1. The number of nitrogens with zero attached hydrogens (tertiary/aromatic N) is 1. The number of methoxy groups -OCH3 is 2. The van der Waals surface area contributed by atoms with Crippen molar-refractivity contribution in [3.63, 3.8) is 0 Å². The minimum Gasteiger partial charge on any atom is -0.493 e. The quantitative estimate of drug-likeness (QED) is 0.756. The average molecular weight is 365 g/mol. The summed E-state index contributed by atoms with van der Waals surface area (Å²) in [5.74, 6) is 0.489. The van der Waals surface area contributed by atoms with Crippen LogP contribution in [0.1, 0.15) is 18.4 Å². The molecule has 0 heterocycles. The normalized spacial score (nSPS) is 14.6. The molecule has 7 heteroatoms. The summed E-state index contributed by atoms with van der Waals surface area (Å²) in [6, 6.07) is 10.4. The van der Waals surface area contributed by atoms with Gasteiger partial charge in [-0.3, -0.25) is 0 Å². The zero-order valence-corrected chi connectivity index (χ0v) is 14.9. The van der Waals surface area contributed by atoms with Crippen LogP contribution in [0.2, 0.25) is 0 Å². The van der Waals surface area contributed by atoms with Gasteiger partial charge in [0.2, 0.25) is 10.0 Å². The Hall–Kier alpha value is -2.12. The van der Waals surface area contributed by atoms with Crippen LogP contribution >= 0.6 is 0 Å². The first-order valence-corrected chi connectivity index (χ1v) is 9.38. The van der Waals surface area contributed by atoms with E-state index in [0.29, 0.717) is 11.5 Å². The van der Waals surface area contributed by atoms with Crippen molar-refractivity contribution >= 4 is 10.0 Å². The summed E-state index contributed by atoms with van der Waals surface area (Å²) >= 11 is 0. The minimum absolute atomic E-state index is 0.0249. The molecule has 0 aliphatic heterocycles. The molecular weight excluding hydrogens is 345 g/mol. The molecule has 0 spiro atoms. The maximum atomic E-state index is 13.1. The van der Waals surface area contributed by atoms with Crippen LogP contribution in [0.5, 0.6) is 11.5 Å². The van der Waals surface area contributed by atoms with Crippen LogP contribution in [0.15, 0.2) is 47.4 Å². The van der Waals surface area contributed by atoms with E-state index in [2.05, 4.69) is 0 Å². The minimum atomic E-state index is -3.70. The summed E-state index contributed by atoms with van der Waals surface area (Å²) in [4.78, 5) is 0.152. The van der Waals surface area contributed by atoms with Crippen molar-refractivity contribution in [2.75, 3.05) is 14.2 Å². The van der Waals surface area contributed by atoms with Gasteiger partial charge in [-0.05, 0) is 42.7 Å². The Morgan fingerprint density at radius 1 is 1.04 bits per heavy atom. The molecule has 3 rings (SSSR count). The molecule has 0 atom stereocenters. The molecule has 0 N–H and O–H groups in total. The predicted octanol–water partition coefficient (Wildman–Crippen LogP) is 3.20. The SMILES string of the molecule is COc1ccc(S(=O)(=O)N(Cc2ccc(F)cc2)C2CC2)cc1OC. The monoisotopic (exact) mass is 365 g/mol. The van der Waals surface area contributed by atoms with E-state index in [1.165, 1.54) is 42.8 Å². The molecule has 25 heavy (non-hydrogen) atoms. The van der Waals surface area contributed by atoms with Crippen molar-refractivity contribution in [3.05, 3.63) is 53.8 Å². The fraction of sp³-hybridized carbons (Fsp3) is 0.333. The second kappa shape index (κ2) is 7.01. The number of hydrogen-bond donors (Lipinski definition) is 0. The molecule has 1 aliphatic rings. The van der Waals surface area contributed by atoms with E-state index in [1.807, 2.05) is 0 Å². The van der Waals surface area contributed by atoms with Gasteiger partial charge >= 0.3 is 0 Å². The summed E-state index contributed by atoms with van der Waals surface area (Å²) in [6.45, 7) is 0.210. The van der Waals surface area contributed by atoms with E-state index in [1.54, 1.807) is 18.2 Å². The average Bonchev–Trinajstić information content (AvgIpc) is 3.45. The van der Waals surface area contributed by atoms with Crippen LogP contribution in [0.25, 0.3) is 0 Å². The van der Waals surface area contributed by atoms with Gasteiger partial charge in [0.05, 0.1) is 19.1 Å². The first-order chi connectivity index (χ1) is 12.0. The predicted molar refractivity (Wildman–Crippen MR) is 91.7 cm³/mol. The van der Waals surface area contributed by atoms with Crippen LogP contribution in [0.4, 0.5) is 4.39 Å². The lowest BCUT2D eigenvalue weighted by molar-refractivity contribution is 0.353. The Morgan fingerprint density at radius 2 is 1.68 bits per heavy atom. The molecule has 0 bridgehead atoms. The van der Waals surface area contributed by atoms with E-state index < -0.39 is 10.0 Å². The van der Waals surface area contributed by atoms with Crippen molar-refractivity contribution in [2.24, 2.45) is 0 Å². The first-order valence-electron chi connectivity index (χ1n) is 7.94. The largest absolute Gasteiger partial charge is 0.493 e. The highest BCUT2D eigenvalue weighted by atomic mass is 32.2. The van der Waals surface area contributed by atoms with E-state index in [-0.39, 0.29) is 23.3 Å². The van der Waals surface area contributed by atoms with Crippen molar-refractivity contribution in [3.8, 4) is 11.5 Å². The number of ether oxygens (including phenoxy) is 2. The Bertz CT molecular complexity index is 848. The van der Waals surface area contributed by atoms with Gasteiger partial charge in [0.1, 0.15) is 5.82 Å². The zero-order valence-electron chi connectivity index (χ0n) is 14.1. The van der Waals surface area contributed by atoms with E-state index in [0.717, 1.165) is 18.4 Å². The van der Waals surface area contributed by atoms with Gasteiger partial charge in [-0.15, -0.1) is 0 Å². The lowest BCUT2D eigenvalue weighted by atomic mass is 10.2. The van der Waals surface area contributed by atoms with E-state index in [9.17, 15) is 12.8 Å². The van der Waals surface area contributed by atoms with Gasteiger partial charge in [0.15, 0.2) is 11.5 Å². The molecular formula is C18H20FNO4S. The molecule has 1 saturated carbocycles. The summed E-state index contributed by atoms with van der Waals surface area (Å²) in [6.07, 6.45) is 1.65. The van der Waals surface area contributed by atoms with Gasteiger partial charge in [-0.25, -0.2) is 12.8 Å². The Morgan fingerprint density at radius 3 is 2.24 bits per heavy atom. The lowest BCUT2D eigenvalue weighted by Gasteiger charge is -2.22. The Labute approximate surface area is 147 Å². The number of sulfonamides is 1. The van der Waals surface area contributed by atoms with Crippen LogP contribution in [-0.2, 0) is 16.6 Å². The molecule has 0 saturated heterocycles.